The molecular weight excluding hydrogens is 303 g/mol. The van der Waals surface area contributed by atoms with Crippen molar-refractivity contribution in [2.75, 3.05) is 37.6 Å². The fourth-order valence-electron chi connectivity index (χ4n) is 3.34. The summed E-state index contributed by atoms with van der Waals surface area (Å²) in [6, 6.07) is 12.9. The van der Waals surface area contributed by atoms with Gasteiger partial charge in [0.25, 0.3) is 0 Å². The minimum Gasteiger partial charge on any atom is -0.387 e. The van der Waals surface area contributed by atoms with Crippen LogP contribution in [0, 0.1) is 19.7 Å². The molecule has 1 unspecified atom stereocenters. The molecular formula is C20H25FN2O. The van der Waals surface area contributed by atoms with Gasteiger partial charge in [0.1, 0.15) is 5.82 Å². The van der Waals surface area contributed by atoms with Gasteiger partial charge >= 0.3 is 0 Å². The first-order valence-electron chi connectivity index (χ1n) is 8.52. The first kappa shape index (κ1) is 16.9. The largest absolute Gasteiger partial charge is 0.387 e. The number of hydrogen-bond donors (Lipinski definition) is 1. The van der Waals surface area contributed by atoms with Gasteiger partial charge < -0.3 is 10.0 Å². The molecule has 1 N–H and O–H groups in total. The van der Waals surface area contributed by atoms with Crippen LogP contribution in [0.5, 0.6) is 0 Å². The van der Waals surface area contributed by atoms with E-state index in [4.69, 9.17) is 0 Å². The van der Waals surface area contributed by atoms with Crippen LogP contribution >= 0.6 is 0 Å². The number of aryl methyl sites for hydroxylation is 1. The van der Waals surface area contributed by atoms with E-state index in [1.54, 1.807) is 18.2 Å². The molecule has 0 aromatic heterocycles. The predicted octanol–water partition coefficient (Wildman–Crippen LogP) is 3.30. The Morgan fingerprint density at radius 1 is 1.00 bits per heavy atom. The Kier molecular flexibility index (Phi) is 5.17. The molecule has 2 aromatic carbocycles. The minimum absolute atomic E-state index is 0.334. The van der Waals surface area contributed by atoms with Gasteiger partial charge in [-0.2, -0.15) is 0 Å². The van der Waals surface area contributed by atoms with E-state index in [1.165, 1.54) is 22.9 Å². The highest BCUT2D eigenvalue weighted by atomic mass is 19.1. The lowest BCUT2D eigenvalue weighted by molar-refractivity contribution is 0.106. The van der Waals surface area contributed by atoms with Crippen LogP contribution in [0.15, 0.2) is 42.5 Å². The second kappa shape index (κ2) is 7.32. The number of halogens is 1. The highest BCUT2D eigenvalue weighted by Crippen LogP contribution is 2.24. The van der Waals surface area contributed by atoms with Crippen LogP contribution in [0.25, 0.3) is 0 Å². The maximum atomic E-state index is 13.8. The molecule has 2 aromatic rings. The van der Waals surface area contributed by atoms with Gasteiger partial charge in [0.05, 0.1) is 6.10 Å². The summed E-state index contributed by atoms with van der Waals surface area (Å²) in [5, 5.41) is 10.3. The van der Waals surface area contributed by atoms with Gasteiger partial charge in [-0.25, -0.2) is 4.39 Å². The van der Waals surface area contributed by atoms with Gasteiger partial charge in [-0.1, -0.05) is 30.3 Å². The number of hydrogen-bond acceptors (Lipinski definition) is 3. The van der Waals surface area contributed by atoms with Crippen molar-refractivity contribution >= 4 is 5.69 Å². The highest BCUT2D eigenvalue weighted by Gasteiger charge is 2.22. The molecule has 0 amide bonds. The van der Waals surface area contributed by atoms with E-state index in [1.807, 2.05) is 0 Å². The maximum absolute atomic E-state index is 13.8. The Balaban J connectivity index is 1.59. The topological polar surface area (TPSA) is 26.7 Å². The van der Waals surface area contributed by atoms with E-state index in [9.17, 15) is 9.50 Å². The summed E-state index contributed by atoms with van der Waals surface area (Å²) >= 11 is 0. The van der Waals surface area contributed by atoms with Crippen molar-refractivity contribution in [3.05, 3.63) is 65.0 Å². The van der Waals surface area contributed by atoms with Crippen molar-refractivity contribution in [2.45, 2.75) is 20.0 Å². The SMILES string of the molecule is Cc1cccc(N2CCN(CC(O)c3ccccc3F)CC2)c1C. The molecule has 0 spiro atoms. The lowest BCUT2D eigenvalue weighted by Gasteiger charge is -2.37. The number of rotatable bonds is 4. The third-order valence-electron chi connectivity index (χ3n) is 4.98. The van der Waals surface area contributed by atoms with Crippen molar-refractivity contribution in [1.29, 1.82) is 0 Å². The summed E-state index contributed by atoms with van der Waals surface area (Å²) in [6.45, 7) is 8.38. The fourth-order valence-corrected chi connectivity index (χ4v) is 3.34. The predicted molar refractivity (Wildman–Crippen MR) is 95.9 cm³/mol. The molecule has 0 bridgehead atoms. The lowest BCUT2D eigenvalue weighted by atomic mass is 10.1. The molecule has 0 aliphatic carbocycles. The number of aliphatic hydroxyl groups is 1. The molecule has 128 valence electrons. The van der Waals surface area contributed by atoms with Crippen molar-refractivity contribution < 1.29 is 9.50 Å². The molecule has 1 fully saturated rings. The Morgan fingerprint density at radius 2 is 1.71 bits per heavy atom. The summed E-state index contributed by atoms with van der Waals surface area (Å²) in [5.41, 5.74) is 4.32. The first-order valence-corrected chi connectivity index (χ1v) is 8.52. The summed E-state index contributed by atoms with van der Waals surface area (Å²) in [4.78, 5) is 4.60. The van der Waals surface area contributed by atoms with E-state index >= 15 is 0 Å². The van der Waals surface area contributed by atoms with E-state index in [0.29, 0.717) is 12.1 Å². The molecule has 3 rings (SSSR count). The Hall–Kier alpha value is -1.91. The van der Waals surface area contributed by atoms with Crippen LogP contribution in [-0.2, 0) is 0 Å². The zero-order chi connectivity index (χ0) is 17.1. The highest BCUT2D eigenvalue weighted by molar-refractivity contribution is 5.56. The Bertz CT molecular complexity index is 696. The smallest absolute Gasteiger partial charge is 0.129 e. The van der Waals surface area contributed by atoms with Crippen molar-refractivity contribution in [2.24, 2.45) is 0 Å². The van der Waals surface area contributed by atoms with E-state index in [2.05, 4.69) is 41.8 Å². The molecule has 1 saturated heterocycles. The Morgan fingerprint density at radius 3 is 2.42 bits per heavy atom. The molecule has 4 heteroatoms. The monoisotopic (exact) mass is 328 g/mol. The van der Waals surface area contributed by atoms with Crippen LogP contribution in [-0.4, -0.2) is 42.7 Å². The number of nitrogens with zero attached hydrogens (tertiary/aromatic N) is 2. The maximum Gasteiger partial charge on any atom is 0.129 e. The van der Waals surface area contributed by atoms with Gasteiger partial charge in [-0.15, -0.1) is 0 Å². The number of β-amino-alcohol motifs (C(OH)–C–C–N with tert-alkyl or cyclic N) is 1. The van der Waals surface area contributed by atoms with Crippen LogP contribution in [0.2, 0.25) is 0 Å². The van der Waals surface area contributed by atoms with Gasteiger partial charge in [-0.05, 0) is 37.1 Å². The number of piperazine rings is 1. The van der Waals surface area contributed by atoms with Gasteiger partial charge in [-0.3, -0.25) is 4.90 Å². The molecule has 1 aliphatic heterocycles. The average Bonchev–Trinajstić information content (AvgIpc) is 2.58. The third kappa shape index (κ3) is 3.60. The van der Waals surface area contributed by atoms with Crippen molar-refractivity contribution in [3.63, 3.8) is 0 Å². The van der Waals surface area contributed by atoms with E-state index < -0.39 is 6.10 Å². The summed E-state index contributed by atoms with van der Waals surface area (Å²) in [6.07, 6.45) is -0.779. The standard InChI is InChI=1S/C20H25FN2O/c1-15-6-5-9-19(16(15)2)23-12-10-22(11-13-23)14-20(24)17-7-3-4-8-18(17)21/h3-9,20,24H,10-14H2,1-2H3. The fraction of sp³-hybridized carbons (Fsp3) is 0.400. The van der Waals surface area contributed by atoms with Crippen LogP contribution < -0.4 is 4.90 Å². The molecule has 1 aliphatic rings. The molecule has 1 atom stereocenters. The van der Waals surface area contributed by atoms with Gasteiger partial charge in [0.2, 0.25) is 0 Å². The summed E-state index contributed by atoms with van der Waals surface area (Å²) < 4.78 is 13.8. The second-order valence-corrected chi connectivity index (χ2v) is 6.54. The van der Waals surface area contributed by atoms with Gasteiger partial charge in [0, 0.05) is 44.0 Å². The van der Waals surface area contributed by atoms with Crippen LogP contribution in [0.1, 0.15) is 22.8 Å². The number of aliphatic hydroxyl groups excluding tert-OH is 1. The van der Waals surface area contributed by atoms with Gasteiger partial charge in [0.15, 0.2) is 0 Å². The lowest BCUT2D eigenvalue weighted by Crippen LogP contribution is -2.47. The molecule has 1 heterocycles. The number of anilines is 1. The van der Waals surface area contributed by atoms with Crippen molar-refractivity contribution in [1.82, 2.24) is 4.90 Å². The number of benzene rings is 2. The van der Waals surface area contributed by atoms with Crippen LogP contribution in [0.4, 0.5) is 10.1 Å². The first-order chi connectivity index (χ1) is 11.6. The molecule has 0 saturated carbocycles. The molecule has 0 radical (unpaired) electrons. The summed E-state index contributed by atoms with van der Waals surface area (Å²) in [7, 11) is 0. The Labute approximate surface area is 143 Å². The normalized spacial score (nSPS) is 17.1. The summed E-state index contributed by atoms with van der Waals surface area (Å²) in [5.74, 6) is -0.334. The zero-order valence-electron chi connectivity index (χ0n) is 14.4. The minimum atomic E-state index is -0.779. The van der Waals surface area contributed by atoms with Crippen LogP contribution in [0.3, 0.4) is 0 Å². The molecule has 24 heavy (non-hydrogen) atoms. The quantitative estimate of drug-likeness (QED) is 0.933. The zero-order valence-corrected chi connectivity index (χ0v) is 14.4. The second-order valence-electron chi connectivity index (χ2n) is 6.54. The van der Waals surface area contributed by atoms with E-state index in [0.717, 1.165) is 26.2 Å². The van der Waals surface area contributed by atoms with E-state index in [-0.39, 0.29) is 5.82 Å². The van der Waals surface area contributed by atoms with Crippen molar-refractivity contribution in [3.8, 4) is 0 Å². The average molecular weight is 328 g/mol. The molecule has 3 nitrogen and oxygen atoms in total. The third-order valence-corrected chi connectivity index (χ3v) is 4.98.